The molecule has 0 amide bonds. The molecule has 2 N–H and O–H groups in total. The molecule has 1 aromatic heterocycles. The number of aryl methyl sites for hydroxylation is 1. The van der Waals surface area contributed by atoms with E-state index in [-0.39, 0.29) is 5.41 Å². The Morgan fingerprint density at radius 1 is 1.33 bits per heavy atom. The fourth-order valence-corrected chi connectivity index (χ4v) is 1.78. The molecule has 1 aromatic carbocycles. The molecule has 0 aliphatic carbocycles. The van der Waals surface area contributed by atoms with Gasteiger partial charge in [0, 0.05) is 12.1 Å². The summed E-state index contributed by atoms with van der Waals surface area (Å²) in [7, 11) is 0. The molecule has 96 valence electrons. The molecule has 0 spiro atoms. The van der Waals surface area contributed by atoms with Crippen molar-refractivity contribution in [3.8, 4) is 11.4 Å². The van der Waals surface area contributed by atoms with Crippen molar-refractivity contribution in [1.29, 1.82) is 0 Å². The Labute approximate surface area is 107 Å². The largest absolute Gasteiger partial charge is 0.338 e. The number of hydrogen-bond acceptors (Lipinski definition) is 4. The molecular formula is C14H19N3O. The Morgan fingerprint density at radius 3 is 2.67 bits per heavy atom. The summed E-state index contributed by atoms with van der Waals surface area (Å²) in [6.45, 7) is 6.65. The first kappa shape index (κ1) is 12.8. The number of benzene rings is 1. The third-order valence-electron chi connectivity index (χ3n) is 3.56. The first-order valence-electron chi connectivity index (χ1n) is 6.21. The van der Waals surface area contributed by atoms with Gasteiger partial charge in [-0.25, -0.2) is 0 Å². The maximum atomic E-state index is 5.80. The van der Waals surface area contributed by atoms with E-state index < -0.39 is 0 Å². The molecule has 1 atom stereocenters. The third kappa shape index (κ3) is 2.16. The van der Waals surface area contributed by atoms with Crippen LogP contribution in [0.1, 0.15) is 31.7 Å². The number of rotatable bonds is 4. The van der Waals surface area contributed by atoms with E-state index in [4.69, 9.17) is 10.3 Å². The summed E-state index contributed by atoms with van der Waals surface area (Å²) in [5, 5.41) is 4.07. The lowest BCUT2D eigenvalue weighted by Gasteiger charge is -2.20. The van der Waals surface area contributed by atoms with Crippen molar-refractivity contribution >= 4 is 0 Å². The van der Waals surface area contributed by atoms with Crippen molar-refractivity contribution < 1.29 is 4.52 Å². The van der Waals surface area contributed by atoms with Gasteiger partial charge in [-0.1, -0.05) is 36.3 Å². The standard InChI is InChI=1S/C14H19N3O/c1-4-14(3,9-15)13-16-12(17-18-13)11-8-6-5-7-10(11)2/h5-8H,4,9,15H2,1-3H3. The van der Waals surface area contributed by atoms with E-state index in [0.29, 0.717) is 18.3 Å². The van der Waals surface area contributed by atoms with Crippen molar-refractivity contribution in [2.75, 3.05) is 6.54 Å². The van der Waals surface area contributed by atoms with Crippen LogP contribution in [0.3, 0.4) is 0 Å². The van der Waals surface area contributed by atoms with Crippen LogP contribution in [0.15, 0.2) is 28.8 Å². The summed E-state index contributed by atoms with van der Waals surface area (Å²) in [6.07, 6.45) is 0.874. The maximum Gasteiger partial charge on any atom is 0.234 e. The first-order valence-corrected chi connectivity index (χ1v) is 6.21. The fraction of sp³-hybridized carbons (Fsp3) is 0.429. The quantitative estimate of drug-likeness (QED) is 0.899. The first-order chi connectivity index (χ1) is 8.60. The van der Waals surface area contributed by atoms with Gasteiger partial charge in [-0.15, -0.1) is 0 Å². The van der Waals surface area contributed by atoms with Crippen LogP contribution in [0.2, 0.25) is 0 Å². The summed E-state index contributed by atoms with van der Waals surface area (Å²) in [4.78, 5) is 4.50. The zero-order valence-electron chi connectivity index (χ0n) is 11.1. The third-order valence-corrected chi connectivity index (χ3v) is 3.56. The molecular weight excluding hydrogens is 226 g/mol. The molecule has 0 saturated heterocycles. The predicted octanol–water partition coefficient (Wildman–Crippen LogP) is 2.67. The topological polar surface area (TPSA) is 64.9 Å². The highest BCUT2D eigenvalue weighted by Gasteiger charge is 2.29. The second kappa shape index (κ2) is 4.90. The lowest BCUT2D eigenvalue weighted by molar-refractivity contribution is 0.291. The number of aromatic nitrogens is 2. The number of nitrogens with zero attached hydrogens (tertiary/aromatic N) is 2. The van der Waals surface area contributed by atoms with E-state index in [0.717, 1.165) is 17.5 Å². The van der Waals surface area contributed by atoms with Gasteiger partial charge >= 0.3 is 0 Å². The highest BCUT2D eigenvalue weighted by atomic mass is 16.5. The molecule has 4 heteroatoms. The van der Waals surface area contributed by atoms with Crippen molar-refractivity contribution in [1.82, 2.24) is 10.1 Å². The van der Waals surface area contributed by atoms with Crippen molar-refractivity contribution in [3.05, 3.63) is 35.7 Å². The molecule has 0 aliphatic heterocycles. The number of nitrogens with two attached hydrogens (primary N) is 1. The lowest BCUT2D eigenvalue weighted by Crippen LogP contribution is -2.31. The second-order valence-corrected chi connectivity index (χ2v) is 4.86. The van der Waals surface area contributed by atoms with Crippen LogP contribution in [-0.4, -0.2) is 16.7 Å². The second-order valence-electron chi connectivity index (χ2n) is 4.86. The van der Waals surface area contributed by atoms with Crippen LogP contribution in [0.25, 0.3) is 11.4 Å². The van der Waals surface area contributed by atoms with Crippen LogP contribution in [-0.2, 0) is 5.41 Å². The molecule has 1 unspecified atom stereocenters. The lowest BCUT2D eigenvalue weighted by atomic mass is 9.88. The Hall–Kier alpha value is -1.68. The van der Waals surface area contributed by atoms with Crippen LogP contribution < -0.4 is 5.73 Å². The summed E-state index contributed by atoms with van der Waals surface area (Å²) in [6, 6.07) is 8.00. The molecule has 0 radical (unpaired) electrons. The molecule has 18 heavy (non-hydrogen) atoms. The van der Waals surface area contributed by atoms with E-state index in [9.17, 15) is 0 Å². The van der Waals surface area contributed by atoms with Gasteiger partial charge in [0.1, 0.15) is 0 Å². The zero-order chi connectivity index (χ0) is 13.2. The molecule has 0 saturated carbocycles. The van der Waals surface area contributed by atoms with Crippen LogP contribution in [0.5, 0.6) is 0 Å². The van der Waals surface area contributed by atoms with Crippen LogP contribution in [0.4, 0.5) is 0 Å². The number of hydrogen-bond donors (Lipinski definition) is 1. The van der Waals surface area contributed by atoms with E-state index in [1.54, 1.807) is 0 Å². The molecule has 0 aliphatic rings. The van der Waals surface area contributed by atoms with Gasteiger partial charge in [-0.3, -0.25) is 0 Å². The Balaban J connectivity index is 2.40. The summed E-state index contributed by atoms with van der Waals surface area (Å²) in [5.74, 6) is 1.25. The van der Waals surface area contributed by atoms with E-state index in [1.807, 2.05) is 38.1 Å². The van der Waals surface area contributed by atoms with E-state index >= 15 is 0 Å². The monoisotopic (exact) mass is 245 g/mol. The van der Waals surface area contributed by atoms with E-state index in [2.05, 4.69) is 17.1 Å². The van der Waals surface area contributed by atoms with Crippen LogP contribution in [0, 0.1) is 6.92 Å². The predicted molar refractivity (Wildman–Crippen MR) is 71.2 cm³/mol. The zero-order valence-corrected chi connectivity index (χ0v) is 11.1. The van der Waals surface area contributed by atoms with Gasteiger partial charge in [0.15, 0.2) is 0 Å². The van der Waals surface area contributed by atoms with Crippen molar-refractivity contribution in [2.24, 2.45) is 5.73 Å². The van der Waals surface area contributed by atoms with Crippen molar-refractivity contribution in [3.63, 3.8) is 0 Å². The van der Waals surface area contributed by atoms with Gasteiger partial charge in [-0.2, -0.15) is 4.98 Å². The van der Waals surface area contributed by atoms with E-state index in [1.165, 1.54) is 0 Å². The maximum absolute atomic E-state index is 5.80. The normalized spacial score (nSPS) is 14.4. The molecule has 4 nitrogen and oxygen atoms in total. The average molecular weight is 245 g/mol. The van der Waals surface area contributed by atoms with Gasteiger partial charge in [0.25, 0.3) is 0 Å². The minimum Gasteiger partial charge on any atom is -0.338 e. The molecule has 0 bridgehead atoms. The van der Waals surface area contributed by atoms with Crippen LogP contribution >= 0.6 is 0 Å². The molecule has 1 heterocycles. The SMILES string of the molecule is CCC(C)(CN)c1nc(-c2ccccc2C)no1. The Morgan fingerprint density at radius 2 is 2.06 bits per heavy atom. The summed E-state index contributed by atoms with van der Waals surface area (Å²) < 4.78 is 5.38. The highest BCUT2D eigenvalue weighted by Crippen LogP contribution is 2.27. The van der Waals surface area contributed by atoms with Gasteiger partial charge in [-0.05, 0) is 25.8 Å². The average Bonchev–Trinajstić information content (AvgIpc) is 2.88. The highest BCUT2D eigenvalue weighted by molar-refractivity contribution is 5.59. The molecule has 0 fully saturated rings. The minimum atomic E-state index is -0.242. The molecule has 2 rings (SSSR count). The van der Waals surface area contributed by atoms with Gasteiger partial charge in [0.05, 0.1) is 5.41 Å². The Bertz CT molecular complexity index is 529. The van der Waals surface area contributed by atoms with Gasteiger partial charge in [0.2, 0.25) is 11.7 Å². The summed E-state index contributed by atoms with van der Waals surface area (Å²) in [5.41, 5.74) is 7.70. The summed E-state index contributed by atoms with van der Waals surface area (Å²) >= 11 is 0. The Kier molecular flexibility index (Phi) is 3.48. The molecule has 2 aromatic rings. The smallest absolute Gasteiger partial charge is 0.234 e. The van der Waals surface area contributed by atoms with Gasteiger partial charge < -0.3 is 10.3 Å². The van der Waals surface area contributed by atoms with Crippen molar-refractivity contribution in [2.45, 2.75) is 32.6 Å². The minimum absolute atomic E-state index is 0.242. The fourth-order valence-electron chi connectivity index (χ4n) is 1.78.